The second kappa shape index (κ2) is 9.71. The van der Waals surface area contributed by atoms with E-state index >= 15 is 0 Å². The van der Waals surface area contributed by atoms with Crippen LogP contribution in [0.2, 0.25) is 16.6 Å². The van der Waals surface area contributed by atoms with Crippen LogP contribution >= 0.6 is 0 Å². The molecule has 0 radical (unpaired) electrons. The summed E-state index contributed by atoms with van der Waals surface area (Å²) >= 11 is 0. The molecule has 0 aliphatic heterocycles. The van der Waals surface area contributed by atoms with Gasteiger partial charge >= 0.3 is 0 Å². The zero-order valence-electron chi connectivity index (χ0n) is 16.6. The standard InChI is InChI=1S/C21H40OSi/c1-17(2)23(18(3)4,19(5)6)22-21-16-14-12-10-8-9-11-13-15-20(21)7/h16-19H,7-15H2,1-6H3/b21-16+. The van der Waals surface area contributed by atoms with Crippen LogP contribution in [0.5, 0.6) is 0 Å². The fourth-order valence-corrected chi connectivity index (χ4v) is 9.66. The van der Waals surface area contributed by atoms with E-state index in [1.807, 2.05) is 0 Å². The second-order valence-electron chi connectivity index (χ2n) is 8.25. The highest BCUT2D eigenvalue weighted by atomic mass is 28.4. The first-order valence-electron chi connectivity index (χ1n) is 9.89. The van der Waals surface area contributed by atoms with E-state index in [9.17, 15) is 0 Å². The Labute approximate surface area is 146 Å². The summed E-state index contributed by atoms with van der Waals surface area (Å²) in [5, 5.41) is 0. The maximum atomic E-state index is 6.95. The number of hydrogen-bond donors (Lipinski definition) is 0. The molecule has 0 atom stereocenters. The zero-order valence-corrected chi connectivity index (χ0v) is 17.6. The van der Waals surface area contributed by atoms with Crippen molar-refractivity contribution in [3.05, 3.63) is 24.0 Å². The molecule has 0 saturated carbocycles. The van der Waals surface area contributed by atoms with E-state index in [2.05, 4.69) is 54.2 Å². The van der Waals surface area contributed by atoms with Gasteiger partial charge in [-0.1, -0.05) is 73.8 Å². The molecule has 0 saturated heterocycles. The van der Waals surface area contributed by atoms with Gasteiger partial charge in [-0.05, 0) is 54.0 Å². The van der Waals surface area contributed by atoms with Gasteiger partial charge in [0.15, 0.2) is 0 Å². The molecule has 0 aromatic rings. The molecule has 0 heterocycles. The third kappa shape index (κ3) is 5.51. The summed E-state index contributed by atoms with van der Waals surface area (Å²) in [6.07, 6.45) is 12.6. The lowest BCUT2D eigenvalue weighted by molar-refractivity contribution is 0.374. The van der Waals surface area contributed by atoms with Crippen molar-refractivity contribution in [1.29, 1.82) is 0 Å². The highest BCUT2D eigenvalue weighted by Crippen LogP contribution is 2.44. The zero-order chi connectivity index (χ0) is 17.5. The van der Waals surface area contributed by atoms with Crippen LogP contribution in [-0.2, 0) is 4.43 Å². The molecule has 2 heteroatoms. The summed E-state index contributed by atoms with van der Waals surface area (Å²) in [5.74, 6) is 1.15. The third-order valence-electron chi connectivity index (χ3n) is 5.60. The maximum Gasteiger partial charge on any atom is 0.258 e. The van der Waals surface area contributed by atoms with Gasteiger partial charge in [0.2, 0.25) is 0 Å². The second-order valence-corrected chi connectivity index (χ2v) is 13.6. The van der Waals surface area contributed by atoms with Crippen LogP contribution in [0.1, 0.15) is 92.9 Å². The minimum absolute atomic E-state index is 0.620. The van der Waals surface area contributed by atoms with Crippen molar-refractivity contribution < 1.29 is 4.43 Å². The summed E-state index contributed by atoms with van der Waals surface area (Å²) in [6.45, 7) is 18.6. The van der Waals surface area contributed by atoms with Crippen LogP contribution < -0.4 is 0 Å². The van der Waals surface area contributed by atoms with Crippen LogP contribution in [0, 0.1) is 0 Å². The Morgan fingerprint density at radius 3 is 1.83 bits per heavy atom. The first-order chi connectivity index (χ1) is 10.8. The van der Waals surface area contributed by atoms with E-state index in [0.717, 1.165) is 18.6 Å². The van der Waals surface area contributed by atoms with Gasteiger partial charge in [0.1, 0.15) is 5.76 Å². The van der Waals surface area contributed by atoms with Gasteiger partial charge in [-0.15, -0.1) is 0 Å². The van der Waals surface area contributed by atoms with Gasteiger partial charge in [-0.2, -0.15) is 0 Å². The van der Waals surface area contributed by atoms with E-state index in [0.29, 0.717) is 16.6 Å². The van der Waals surface area contributed by atoms with Gasteiger partial charge < -0.3 is 4.43 Å². The molecular weight excluding hydrogens is 296 g/mol. The molecule has 134 valence electrons. The lowest BCUT2D eigenvalue weighted by Crippen LogP contribution is -2.47. The minimum atomic E-state index is -1.87. The summed E-state index contributed by atoms with van der Waals surface area (Å²) in [5.41, 5.74) is 3.10. The molecule has 0 fully saturated rings. The third-order valence-corrected chi connectivity index (χ3v) is 11.6. The topological polar surface area (TPSA) is 9.23 Å². The fourth-order valence-electron chi connectivity index (χ4n) is 4.35. The highest BCUT2D eigenvalue weighted by molar-refractivity contribution is 6.77. The molecule has 23 heavy (non-hydrogen) atoms. The van der Waals surface area contributed by atoms with Crippen molar-refractivity contribution in [2.24, 2.45) is 0 Å². The largest absolute Gasteiger partial charge is 0.543 e. The van der Waals surface area contributed by atoms with Gasteiger partial charge in [-0.3, -0.25) is 0 Å². The molecule has 0 amide bonds. The molecule has 0 spiro atoms. The van der Waals surface area contributed by atoms with Crippen LogP contribution in [0.15, 0.2) is 24.0 Å². The van der Waals surface area contributed by atoms with Crippen molar-refractivity contribution in [3.8, 4) is 0 Å². The Hall–Kier alpha value is -0.503. The predicted molar refractivity (Wildman–Crippen MR) is 106 cm³/mol. The van der Waals surface area contributed by atoms with Gasteiger partial charge in [0.05, 0.1) is 0 Å². The monoisotopic (exact) mass is 336 g/mol. The smallest absolute Gasteiger partial charge is 0.258 e. The summed E-state index contributed by atoms with van der Waals surface area (Å²) in [6, 6.07) is 0. The quantitative estimate of drug-likeness (QED) is 0.466. The van der Waals surface area contributed by atoms with E-state index < -0.39 is 8.32 Å². The van der Waals surface area contributed by atoms with Gasteiger partial charge in [0.25, 0.3) is 8.32 Å². The molecule has 0 N–H and O–H groups in total. The van der Waals surface area contributed by atoms with Crippen molar-refractivity contribution in [1.82, 2.24) is 0 Å². The lowest BCUT2D eigenvalue weighted by Gasteiger charge is -2.43. The first kappa shape index (κ1) is 20.5. The van der Waals surface area contributed by atoms with Crippen LogP contribution in [-0.4, -0.2) is 8.32 Å². The van der Waals surface area contributed by atoms with Crippen LogP contribution in [0.4, 0.5) is 0 Å². The summed E-state index contributed by atoms with van der Waals surface area (Å²) in [4.78, 5) is 0. The number of rotatable bonds is 5. The molecule has 0 aromatic carbocycles. The Morgan fingerprint density at radius 1 is 0.826 bits per heavy atom. The molecular formula is C21H40OSi. The molecule has 1 aliphatic rings. The van der Waals surface area contributed by atoms with Crippen LogP contribution in [0.25, 0.3) is 0 Å². The average molecular weight is 337 g/mol. The lowest BCUT2D eigenvalue weighted by atomic mass is 10.1. The molecule has 1 nitrogen and oxygen atoms in total. The molecule has 0 aromatic heterocycles. The van der Waals surface area contributed by atoms with Crippen molar-refractivity contribution in [3.63, 3.8) is 0 Å². The molecule has 0 bridgehead atoms. The van der Waals surface area contributed by atoms with Gasteiger partial charge in [0, 0.05) is 0 Å². The number of allylic oxidation sites excluding steroid dienone is 2. The van der Waals surface area contributed by atoms with Crippen molar-refractivity contribution >= 4 is 8.32 Å². The fraction of sp³-hybridized carbons (Fsp3) is 0.810. The molecule has 1 rings (SSSR count). The Balaban J connectivity index is 3.04. The summed E-state index contributed by atoms with van der Waals surface area (Å²) in [7, 11) is -1.87. The van der Waals surface area contributed by atoms with Crippen molar-refractivity contribution in [2.45, 2.75) is 110 Å². The summed E-state index contributed by atoms with van der Waals surface area (Å²) < 4.78 is 6.95. The van der Waals surface area contributed by atoms with Crippen LogP contribution in [0.3, 0.4) is 0 Å². The van der Waals surface area contributed by atoms with E-state index in [4.69, 9.17) is 4.43 Å². The molecule has 1 aliphatic carbocycles. The van der Waals surface area contributed by atoms with E-state index in [1.54, 1.807) is 0 Å². The first-order valence-corrected chi connectivity index (χ1v) is 12.0. The minimum Gasteiger partial charge on any atom is -0.543 e. The maximum absolute atomic E-state index is 6.95. The van der Waals surface area contributed by atoms with E-state index in [1.165, 1.54) is 44.1 Å². The number of hydrogen-bond acceptors (Lipinski definition) is 1. The Bertz CT molecular complexity index is 371. The molecule has 0 unspecified atom stereocenters. The van der Waals surface area contributed by atoms with Gasteiger partial charge in [-0.25, -0.2) is 0 Å². The normalized spacial score (nSPS) is 21.3. The van der Waals surface area contributed by atoms with Crippen molar-refractivity contribution in [2.75, 3.05) is 0 Å². The SMILES string of the molecule is C=C1CCCCCCCC/C=C\1O[Si](C(C)C)(C(C)C)C(C)C. The predicted octanol–water partition coefficient (Wildman–Crippen LogP) is 7.75. The Morgan fingerprint density at radius 2 is 1.30 bits per heavy atom. The average Bonchev–Trinajstić information content (AvgIpc) is 2.50. The Kier molecular flexibility index (Phi) is 8.67. The highest BCUT2D eigenvalue weighted by Gasteiger charge is 2.47. The van der Waals surface area contributed by atoms with E-state index in [-0.39, 0.29) is 0 Å².